The molecule has 4 aromatic rings. The van der Waals surface area contributed by atoms with E-state index in [1.165, 1.54) is 6.07 Å². The molecule has 5 N–H and O–H groups in total. The molecule has 0 spiro atoms. The molecule has 0 fully saturated rings. The van der Waals surface area contributed by atoms with Crippen LogP contribution in [0.5, 0.6) is 5.75 Å². The van der Waals surface area contributed by atoms with Crippen molar-refractivity contribution >= 4 is 94.9 Å². The third kappa shape index (κ3) is 5.02. The van der Waals surface area contributed by atoms with Crippen molar-refractivity contribution in [3.05, 3.63) is 36.4 Å². The molecule has 0 aromatic heterocycles. The fourth-order valence-corrected chi connectivity index (χ4v) is 8.09. The Bertz CT molecular complexity index is 1840. The van der Waals surface area contributed by atoms with Crippen molar-refractivity contribution in [1.29, 1.82) is 0 Å². The minimum atomic E-state index is -5.06. The maximum absolute atomic E-state index is 12.1. The summed E-state index contributed by atoms with van der Waals surface area (Å²) in [4.78, 5) is 15.2. The quantitative estimate of drug-likeness (QED) is 0.102. The van der Waals surface area contributed by atoms with E-state index in [1.807, 2.05) is 0 Å². The molecule has 14 nitrogen and oxygen atoms in total. The average molecular weight is 763 g/mol. The van der Waals surface area contributed by atoms with Crippen molar-refractivity contribution in [1.82, 2.24) is 0 Å². The van der Waals surface area contributed by atoms with E-state index in [0.29, 0.717) is 6.07 Å². The molecular weight excluding hydrogens is 752 g/mol. The van der Waals surface area contributed by atoms with Crippen LogP contribution in [0.25, 0.3) is 32.3 Å². The van der Waals surface area contributed by atoms with Crippen LogP contribution in [-0.4, -0.2) is 73.2 Å². The number of rotatable bonds is 7. The number of phosphoric acid groups is 1. The van der Waals surface area contributed by atoms with Gasteiger partial charge in [0.05, 0.1) is 0 Å². The summed E-state index contributed by atoms with van der Waals surface area (Å²) in [6.07, 6.45) is 0. The Morgan fingerprint density at radius 2 is 1.03 bits per heavy atom. The molecule has 0 amide bonds. The van der Waals surface area contributed by atoms with Gasteiger partial charge in [-0.3, -0.25) is 0 Å². The summed E-state index contributed by atoms with van der Waals surface area (Å²) < 4.78 is 122. The Kier molecular flexibility index (Phi) is 6.44. The first kappa shape index (κ1) is 26.5. The summed E-state index contributed by atoms with van der Waals surface area (Å²) in [5.74, 6) is -0.330. The standard InChI is InChI=1S/C16H10O10S3.H3O4P.Po/c17-11-5-12(27(18,19)20)8-3-4-10-14(29(24,25)26)6-13(28(21,22)23)9-2-1-7(11)15(8)16(9)10;1-5(2,3)4;/h1-6,17H,(H,18,19,20)(H,21,22,23)(H,24,25,26);(H3,1,2,3,4);/q;;+2/p-2. The molecule has 188 valence electrons. The van der Waals surface area contributed by atoms with Crippen molar-refractivity contribution in [2.75, 3.05) is 0 Å². The van der Waals surface area contributed by atoms with Gasteiger partial charge in [-0.25, -0.2) is 0 Å². The molecule has 4 rings (SSSR count). The molecule has 0 heterocycles. The number of hydrogen-bond donors (Lipinski definition) is 5. The van der Waals surface area contributed by atoms with E-state index in [2.05, 4.69) is 2.56 Å². The van der Waals surface area contributed by atoms with Crippen LogP contribution in [0, 0.1) is 0 Å². The number of hydrogen-bond acceptors (Lipinski definition) is 9. The Morgan fingerprint density at radius 1 is 0.657 bits per heavy atom. The van der Waals surface area contributed by atoms with Crippen molar-refractivity contribution in [2.24, 2.45) is 0 Å². The summed E-state index contributed by atoms with van der Waals surface area (Å²) in [7, 11) is -20.0. The van der Waals surface area contributed by atoms with Gasteiger partial charge in [0.1, 0.15) is 0 Å². The zero-order chi connectivity index (χ0) is 26.1. The molecule has 0 saturated heterocycles. The molecule has 0 saturated carbocycles. The molecule has 0 unspecified atom stereocenters. The van der Waals surface area contributed by atoms with Gasteiger partial charge in [-0.05, 0) is 0 Å². The van der Waals surface area contributed by atoms with Crippen LogP contribution >= 0.6 is 7.82 Å². The molecule has 4 aromatic carbocycles. The maximum atomic E-state index is 12.1. The third-order valence-corrected chi connectivity index (χ3v) is 11.7. The van der Waals surface area contributed by atoms with E-state index in [4.69, 9.17) is 12.6 Å². The average Bonchev–Trinajstić information content (AvgIpc) is 2.68. The number of benzene rings is 4. The van der Waals surface area contributed by atoms with Crippen LogP contribution in [0.15, 0.2) is 51.1 Å². The minimum absolute atomic E-state index is 0.0218. The van der Waals surface area contributed by atoms with Gasteiger partial charge in [0.15, 0.2) is 0 Å². The fourth-order valence-electron chi connectivity index (χ4n) is 3.67. The van der Waals surface area contributed by atoms with Crippen LogP contribution in [0.4, 0.5) is 0 Å². The van der Waals surface area contributed by atoms with E-state index in [-0.39, 0.29) is 38.1 Å². The Balaban J connectivity index is 2.24. The molecule has 19 heteroatoms. The second kappa shape index (κ2) is 8.50. The first-order chi connectivity index (χ1) is 15.9. The van der Waals surface area contributed by atoms with Gasteiger partial charge in [-0.2, -0.15) is 0 Å². The zero-order valence-electron chi connectivity index (χ0n) is 16.5. The van der Waals surface area contributed by atoms with Crippen molar-refractivity contribution in [3.8, 4) is 5.75 Å². The predicted octanol–water partition coefficient (Wildman–Crippen LogP) is 1.35. The Hall–Kier alpha value is -1.54. The molecule has 35 heavy (non-hydrogen) atoms. The van der Waals surface area contributed by atoms with Crippen LogP contribution in [0.3, 0.4) is 0 Å². The second-order valence-electron chi connectivity index (χ2n) is 6.96. The summed E-state index contributed by atoms with van der Waals surface area (Å²) in [5, 5.41) is -1.05. The molecule has 0 atom stereocenters. The van der Waals surface area contributed by atoms with Gasteiger partial charge >= 0.3 is 210 Å². The van der Waals surface area contributed by atoms with E-state index in [1.54, 1.807) is 0 Å². The molecular formula is C16H11O14PPoS3. The third-order valence-electron chi connectivity index (χ3n) is 4.83. The molecule has 0 bridgehead atoms. The van der Waals surface area contributed by atoms with Gasteiger partial charge in [0, 0.05) is 0 Å². The van der Waals surface area contributed by atoms with Crippen LogP contribution < -0.4 is 2.77 Å². The molecule has 0 radical (unpaired) electrons. The molecule has 0 aliphatic heterocycles. The Labute approximate surface area is 209 Å². The van der Waals surface area contributed by atoms with E-state index < -0.39 is 77.3 Å². The zero-order valence-corrected chi connectivity index (χ0v) is 23.0. The SMILES string of the molecule is O=P(O)(O)[O][Po][O]c1cc(S(=O)(=O)O)c2ccc3c(S(=O)(=O)O)cc(S(=O)(=O)O)c4ccc1c2c43. The first-order valence-corrected chi connectivity index (χ1v) is 17.1. The predicted molar refractivity (Wildman–Crippen MR) is 119 cm³/mol. The normalized spacial score (nSPS) is 13.7. The van der Waals surface area contributed by atoms with E-state index in [9.17, 15) is 43.5 Å². The van der Waals surface area contributed by atoms with Gasteiger partial charge in [0.2, 0.25) is 0 Å². The van der Waals surface area contributed by atoms with E-state index >= 15 is 0 Å². The summed E-state index contributed by atoms with van der Waals surface area (Å²) in [6.45, 7) is 0. The van der Waals surface area contributed by atoms with Crippen LogP contribution in [0.2, 0.25) is 0 Å². The Morgan fingerprint density at radius 3 is 1.43 bits per heavy atom. The van der Waals surface area contributed by atoms with Crippen molar-refractivity contribution in [3.63, 3.8) is 0 Å². The summed E-state index contributed by atoms with van der Waals surface area (Å²) in [6, 6.07) is 5.94. The second-order valence-corrected chi connectivity index (χ2v) is 15.2. The van der Waals surface area contributed by atoms with Gasteiger partial charge in [0.25, 0.3) is 0 Å². The summed E-state index contributed by atoms with van der Waals surface area (Å²) in [5.41, 5.74) is 0. The van der Waals surface area contributed by atoms with Crippen LogP contribution in [-0.2, 0) is 37.5 Å². The molecule has 0 aliphatic rings. The molecule has 0 aliphatic carbocycles. The van der Waals surface area contributed by atoms with Crippen molar-refractivity contribution in [2.45, 2.75) is 14.7 Å². The topological polar surface area (TPSA) is 239 Å². The van der Waals surface area contributed by atoms with Crippen LogP contribution in [0.1, 0.15) is 0 Å². The van der Waals surface area contributed by atoms with Crippen molar-refractivity contribution < 1.29 is 58.6 Å². The van der Waals surface area contributed by atoms with Gasteiger partial charge in [-0.1, -0.05) is 0 Å². The van der Waals surface area contributed by atoms with Gasteiger partial charge in [-0.15, -0.1) is 0 Å². The summed E-state index contributed by atoms with van der Waals surface area (Å²) >= 11 is -2.77. The first-order valence-electron chi connectivity index (χ1n) is 8.69. The van der Waals surface area contributed by atoms with E-state index in [0.717, 1.165) is 24.3 Å². The fraction of sp³-hybridized carbons (Fsp3) is 0. The van der Waals surface area contributed by atoms with Gasteiger partial charge < -0.3 is 0 Å². The monoisotopic (exact) mass is 763 g/mol.